The summed E-state index contributed by atoms with van der Waals surface area (Å²) in [7, 11) is 0. The predicted molar refractivity (Wildman–Crippen MR) is 129 cm³/mol. The third-order valence-electron chi connectivity index (χ3n) is 5.01. The van der Waals surface area contributed by atoms with Gasteiger partial charge in [0.05, 0.1) is 39.6 Å². The molecule has 1 heterocycles. The van der Waals surface area contributed by atoms with Crippen LogP contribution in [0, 0.1) is 0 Å². The molecule has 0 aliphatic carbocycles. The molecule has 1 aromatic carbocycles. The van der Waals surface area contributed by atoms with E-state index >= 15 is 0 Å². The molecule has 0 unspecified atom stereocenters. The van der Waals surface area contributed by atoms with Crippen LogP contribution in [-0.2, 0) is 19.7 Å². The molecule has 1 aromatic rings. The number of benzene rings is 1. The third kappa shape index (κ3) is 11.0. The highest BCUT2D eigenvalue weighted by Crippen LogP contribution is 2.25. The summed E-state index contributed by atoms with van der Waals surface area (Å²) in [6.07, 6.45) is 0. The monoisotopic (exact) mass is 439 g/mol. The molecular weight excluding hydrogens is 394 g/mol. The third-order valence-corrected chi connectivity index (χ3v) is 5.01. The Labute approximate surface area is 190 Å². The number of nitrogens with zero attached hydrogens (tertiary/aromatic N) is 2. The van der Waals surface area contributed by atoms with Crippen LogP contribution in [0.3, 0.4) is 0 Å². The van der Waals surface area contributed by atoms with Gasteiger partial charge < -0.3 is 24.8 Å². The molecule has 0 saturated carbocycles. The number of hydrogen-bond donors (Lipinski definition) is 2. The molecule has 1 saturated heterocycles. The standard InChI is InChI=1S/C22H37N3O4.C2H6.H2/c1-22(2,3)19-4-6-20(7-5-19)25-11-9-24(10-12-25)18-21(27)23-8-14-28-16-17-29-15-13-26;1-2;/h4-7,26H,8-18H2,1-3H3,(H,23,27);1-2H3;1H. The zero-order valence-electron chi connectivity index (χ0n) is 20.2. The van der Waals surface area contributed by atoms with Crippen LogP contribution in [0.5, 0.6) is 0 Å². The molecule has 1 fully saturated rings. The Hall–Kier alpha value is -1.67. The Morgan fingerprint density at radius 2 is 1.58 bits per heavy atom. The van der Waals surface area contributed by atoms with E-state index in [1.807, 2.05) is 13.8 Å². The number of aliphatic hydroxyl groups is 1. The normalized spacial score (nSPS) is 14.7. The Morgan fingerprint density at radius 3 is 2.13 bits per heavy atom. The van der Waals surface area contributed by atoms with E-state index in [1.165, 1.54) is 11.3 Å². The lowest BCUT2D eigenvalue weighted by Gasteiger charge is -2.36. The van der Waals surface area contributed by atoms with Gasteiger partial charge in [0, 0.05) is 39.8 Å². The van der Waals surface area contributed by atoms with Crippen molar-refractivity contribution in [3.8, 4) is 0 Å². The first-order valence-corrected chi connectivity index (χ1v) is 11.5. The van der Waals surface area contributed by atoms with Crippen LogP contribution in [0.25, 0.3) is 0 Å². The minimum absolute atomic E-state index is 0. The van der Waals surface area contributed by atoms with Crippen LogP contribution < -0.4 is 10.2 Å². The van der Waals surface area contributed by atoms with E-state index in [-0.39, 0.29) is 19.4 Å². The van der Waals surface area contributed by atoms with Crippen molar-refractivity contribution in [1.29, 1.82) is 0 Å². The van der Waals surface area contributed by atoms with Gasteiger partial charge in [-0.3, -0.25) is 9.69 Å². The Balaban J connectivity index is 0.00000311. The summed E-state index contributed by atoms with van der Waals surface area (Å²) < 4.78 is 10.5. The summed E-state index contributed by atoms with van der Waals surface area (Å²) in [5.74, 6) is 0.0353. The zero-order chi connectivity index (χ0) is 23.1. The molecule has 0 atom stereocenters. The van der Waals surface area contributed by atoms with Gasteiger partial charge >= 0.3 is 0 Å². The number of piperazine rings is 1. The molecule has 1 amide bonds. The SMILES string of the molecule is CC.CC(C)(C)c1ccc(N2CCN(CC(=O)NCCOCCOCCO)CC2)cc1.[HH]. The second-order valence-electron chi connectivity index (χ2n) is 8.36. The molecule has 2 N–H and O–H groups in total. The first kappa shape index (κ1) is 27.4. The second-order valence-corrected chi connectivity index (χ2v) is 8.36. The molecular formula is C24H45N3O4. The summed E-state index contributed by atoms with van der Waals surface area (Å²) in [4.78, 5) is 16.7. The molecule has 0 spiro atoms. The summed E-state index contributed by atoms with van der Waals surface area (Å²) in [5.41, 5.74) is 2.77. The van der Waals surface area contributed by atoms with E-state index in [0.29, 0.717) is 39.5 Å². The number of amides is 1. The number of nitrogens with one attached hydrogen (secondary N) is 1. The highest BCUT2D eigenvalue weighted by Gasteiger charge is 2.20. The van der Waals surface area contributed by atoms with Gasteiger partial charge in [0.2, 0.25) is 5.91 Å². The van der Waals surface area contributed by atoms with E-state index in [2.05, 4.69) is 60.2 Å². The maximum atomic E-state index is 12.1. The summed E-state index contributed by atoms with van der Waals surface area (Å²) in [6, 6.07) is 8.85. The van der Waals surface area contributed by atoms with Crippen LogP contribution in [-0.4, -0.2) is 88.2 Å². The topological polar surface area (TPSA) is 74.3 Å². The number of anilines is 1. The molecule has 1 aliphatic heterocycles. The van der Waals surface area contributed by atoms with Crippen molar-refractivity contribution in [1.82, 2.24) is 10.2 Å². The summed E-state index contributed by atoms with van der Waals surface area (Å²) in [6.45, 7) is 17.0. The lowest BCUT2D eigenvalue weighted by molar-refractivity contribution is -0.122. The largest absolute Gasteiger partial charge is 0.394 e. The van der Waals surface area contributed by atoms with Crippen LogP contribution in [0.2, 0.25) is 0 Å². The van der Waals surface area contributed by atoms with Crippen molar-refractivity contribution in [2.75, 3.05) is 77.2 Å². The second kappa shape index (κ2) is 15.2. The van der Waals surface area contributed by atoms with Crippen molar-refractivity contribution in [3.63, 3.8) is 0 Å². The zero-order valence-corrected chi connectivity index (χ0v) is 20.2. The quantitative estimate of drug-likeness (QED) is 0.516. The summed E-state index contributed by atoms with van der Waals surface area (Å²) in [5, 5.41) is 11.5. The van der Waals surface area contributed by atoms with Crippen LogP contribution in [0.4, 0.5) is 5.69 Å². The minimum Gasteiger partial charge on any atom is -0.394 e. The fourth-order valence-electron chi connectivity index (χ4n) is 3.24. The number of carbonyl (C=O) groups excluding carboxylic acids is 1. The van der Waals surface area contributed by atoms with Gasteiger partial charge in [0.25, 0.3) is 0 Å². The van der Waals surface area contributed by atoms with Crippen molar-refractivity contribution in [2.45, 2.75) is 40.0 Å². The molecule has 0 bridgehead atoms. The van der Waals surface area contributed by atoms with Gasteiger partial charge in [-0.1, -0.05) is 46.8 Å². The molecule has 7 nitrogen and oxygen atoms in total. The number of rotatable bonds is 11. The van der Waals surface area contributed by atoms with Crippen molar-refractivity contribution < 1.29 is 20.8 Å². The van der Waals surface area contributed by atoms with Crippen molar-refractivity contribution in [3.05, 3.63) is 29.8 Å². The highest BCUT2D eigenvalue weighted by atomic mass is 16.5. The summed E-state index contributed by atoms with van der Waals surface area (Å²) >= 11 is 0. The molecule has 2 rings (SSSR count). The maximum absolute atomic E-state index is 12.1. The molecule has 31 heavy (non-hydrogen) atoms. The van der Waals surface area contributed by atoms with Crippen molar-refractivity contribution >= 4 is 11.6 Å². The lowest BCUT2D eigenvalue weighted by atomic mass is 9.87. The van der Waals surface area contributed by atoms with Gasteiger partial charge in [-0.15, -0.1) is 0 Å². The van der Waals surface area contributed by atoms with Crippen LogP contribution in [0.15, 0.2) is 24.3 Å². The number of carbonyl (C=O) groups is 1. The smallest absolute Gasteiger partial charge is 0.234 e. The molecule has 1 aliphatic rings. The van der Waals surface area contributed by atoms with Gasteiger partial charge in [0.1, 0.15) is 0 Å². The van der Waals surface area contributed by atoms with Gasteiger partial charge in [-0.2, -0.15) is 0 Å². The number of aliphatic hydroxyl groups excluding tert-OH is 1. The van der Waals surface area contributed by atoms with E-state index in [1.54, 1.807) is 0 Å². The van der Waals surface area contributed by atoms with E-state index in [4.69, 9.17) is 14.6 Å². The molecule has 0 radical (unpaired) electrons. The fourth-order valence-corrected chi connectivity index (χ4v) is 3.24. The molecule has 0 aromatic heterocycles. The average molecular weight is 440 g/mol. The maximum Gasteiger partial charge on any atom is 0.234 e. The number of hydrogen-bond acceptors (Lipinski definition) is 6. The van der Waals surface area contributed by atoms with Gasteiger partial charge in [0.15, 0.2) is 0 Å². The number of ether oxygens (including phenoxy) is 2. The average Bonchev–Trinajstić information content (AvgIpc) is 2.77. The van der Waals surface area contributed by atoms with Gasteiger partial charge in [-0.25, -0.2) is 0 Å². The fraction of sp³-hybridized carbons (Fsp3) is 0.708. The van der Waals surface area contributed by atoms with Crippen LogP contribution >= 0.6 is 0 Å². The Bertz CT molecular complexity index is 600. The lowest BCUT2D eigenvalue weighted by Crippen LogP contribution is -2.49. The Morgan fingerprint density at radius 1 is 1.00 bits per heavy atom. The van der Waals surface area contributed by atoms with Gasteiger partial charge in [-0.05, 0) is 23.1 Å². The van der Waals surface area contributed by atoms with E-state index in [0.717, 1.165) is 26.2 Å². The first-order valence-electron chi connectivity index (χ1n) is 11.5. The minimum atomic E-state index is 0. The van der Waals surface area contributed by atoms with Crippen molar-refractivity contribution in [2.24, 2.45) is 0 Å². The van der Waals surface area contributed by atoms with E-state index in [9.17, 15) is 4.79 Å². The highest BCUT2D eigenvalue weighted by molar-refractivity contribution is 5.78. The molecule has 7 heteroatoms. The van der Waals surface area contributed by atoms with Crippen LogP contribution in [0.1, 0.15) is 41.6 Å². The first-order chi connectivity index (χ1) is 14.9. The molecule has 180 valence electrons. The Kier molecular flexibility index (Phi) is 13.4. The predicted octanol–water partition coefficient (Wildman–Crippen LogP) is 2.52. The van der Waals surface area contributed by atoms with E-state index < -0.39 is 0 Å².